The summed E-state index contributed by atoms with van der Waals surface area (Å²) in [5, 5.41) is 5.13. The quantitative estimate of drug-likeness (QED) is 0.471. The molecule has 5 rings (SSSR count). The first-order chi connectivity index (χ1) is 15.6. The first kappa shape index (κ1) is 20.5. The second-order valence-corrected chi connectivity index (χ2v) is 8.93. The lowest BCUT2D eigenvalue weighted by Gasteiger charge is -2.27. The largest absolute Gasteiger partial charge is 0.344 e. The van der Waals surface area contributed by atoms with Crippen LogP contribution in [0.3, 0.4) is 0 Å². The van der Waals surface area contributed by atoms with E-state index in [2.05, 4.69) is 17.2 Å². The van der Waals surface area contributed by atoms with Gasteiger partial charge < -0.3 is 14.8 Å². The standard InChI is InChI=1S/C25H24N4O2S/c1-2-19(22-9-6-14-32-22)27-24(30)18-10-11-21-20(15-18)26-23-25(31)28(12-13-29(21)23)16-17-7-4-3-5-8-17/h3-11,14-15,19H,2,12-13,16H2,1H3,(H,27,30). The lowest BCUT2D eigenvalue weighted by Crippen LogP contribution is -2.39. The van der Waals surface area contributed by atoms with Gasteiger partial charge >= 0.3 is 0 Å². The normalized spacial score (nSPS) is 14.4. The van der Waals surface area contributed by atoms with Crippen LogP contribution in [-0.2, 0) is 13.1 Å². The van der Waals surface area contributed by atoms with E-state index in [4.69, 9.17) is 0 Å². The van der Waals surface area contributed by atoms with Crippen molar-refractivity contribution in [2.45, 2.75) is 32.5 Å². The van der Waals surface area contributed by atoms with Crippen molar-refractivity contribution in [3.8, 4) is 0 Å². The molecule has 0 radical (unpaired) electrons. The number of carbonyl (C=O) groups excluding carboxylic acids is 2. The lowest BCUT2D eigenvalue weighted by atomic mass is 10.1. The van der Waals surface area contributed by atoms with Crippen molar-refractivity contribution in [3.05, 3.63) is 87.9 Å². The summed E-state index contributed by atoms with van der Waals surface area (Å²) in [6, 6.07) is 19.5. The van der Waals surface area contributed by atoms with Crippen LogP contribution in [0.4, 0.5) is 0 Å². The van der Waals surface area contributed by atoms with Gasteiger partial charge in [-0.1, -0.05) is 43.3 Å². The molecule has 4 aromatic rings. The second-order valence-electron chi connectivity index (χ2n) is 7.95. The summed E-state index contributed by atoms with van der Waals surface area (Å²) in [6.45, 7) is 3.95. The molecule has 0 bridgehead atoms. The molecule has 2 aromatic heterocycles. The lowest BCUT2D eigenvalue weighted by molar-refractivity contribution is 0.0685. The molecule has 1 aliphatic rings. The zero-order valence-corrected chi connectivity index (χ0v) is 18.6. The number of hydrogen-bond acceptors (Lipinski definition) is 4. The van der Waals surface area contributed by atoms with Crippen molar-refractivity contribution in [2.24, 2.45) is 0 Å². The number of benzene rings is 2. The van der Waals surface area contributed by atoms with Crippen LogP contribution in [0.1, 0.15) is 50.8 Å². The average Bonchev–Trinajstić information content (AvgIpc) is 3.48. The van der Waals surface area contributed by atoms with Gasteiger partial charge in [0.15, 0.2) is 5.82 Å². The van der Waals surface area contributed by atoms with Gasteiger partial charge in [0, 0.05) is 30.1 Å². The van der Waals surface area contributed by atoms with Gasteiger partial charge in [-0.3, -0.25) is 9.59 Å². The fourth-order valence-electron chi connectivity index (χ4n) is 4.18. The van der Waals surface area contributed by atoms with Crippen molar-refractivity contribution >= 4 is 34.2 Å². The molecule has 0 aliphatic carbocycles. The molecule has 3 heterocycles. The summed E-state index contributed by atoms with van der Waals surface area (Å²) in [5.74, 6) is 0.228. The Morgan fingerprint density at radius 1 is 1.12 bits per heavy atom. The smallest absolute Gasteiger partial charge is 0.290 e. The van der Waals surface area contributed by atoms with Gasteiger partial charge in [-0.25, -0.2) is 4.98 Å². The van der Waals surface area contributed by atoms with Gasteiger partial charge in [-0.15, -0.1) is 11.3 Å². The van der Waals surface area contributed by atoms with Crippen LogP contribution in [-0.4, -0.2) is 32.8 Å². The fourth-order valence-corrected chi connectivity index (χ4v) is 5.05. The highest BCUT2D eigenvalue weighted by atomic mass is 32.1. The number of thiophene rings is 1. The van der Waals surface area contributed by atoms with Crippen molar-refractivity contribution < 1.29 is 9.59 Å². The summed E-state index contributed by atoms with van der Waals surface area (Å²) in [4.78, 5) is 33.6. The molecule has 1 atom stereocenters. The van der Waals surface area contributed by atoms with Crippen molar-refractivity contribution in [3.63, 3.8) is 0 Å². The molecular formula is C25H24N4O2S. The predicted molar refractivity (Wildman–Crippen MR) is 126 cm³/mol. The van der Waals surface area contributed by atoms with Crippen LogP contribution < -0.4 is 5.32 Å². The number of carbonyl (C=O) groups is 2. The molecule has 162 valence electrons. The van der Waals surface area contributed by atoms with Gasteiger partial charge in [0.25, 0.3) is 11.8 Å². The number of imidazole rings is 1. The Balaban J connectivity index is 1.38. The summed E-state index contributed by atoms with van der Waals surface area (Å²) in [5.41, 5.74) is 3.21. The topological polar surface area (TPSA) is 67.2 Å². The minimum Gasteiger partial charge on any atom is -0.344 e. The Kier molecular flexibility index (Phi) is 5.49. The average molecular weight is 445 g/mol. The Morgan fingerprint density at radius 2 is 1.97 bits per heavy atom. The minimum atomic E-state index is -0.129. The Morgan fingerprint density at radius 3 is 2.72 bits per heavy atom. The molecule has 0 spiro atoms. The zero-order valence-electron chi connectivity index (χ0n) is 17.8. The number of hydrogen-bond donors (Lipinski definition) is 1. The summed E-state index contributed by atoms with van der Waals surface area (Å²) in [7, 11) is 0. The zero-order chi connectivity index (χ0) is 22.1. The van der Waals surface area contributed by atoms with Crippen molar-refractivity contribution in [2.75, 3.05) is 6.54 Å². The van der Waals surface area contributed by atoms with Gasteiger partial charge in [-0.05, 0) is 41.6 Å². The van der Waals surface area contributed by atoms with Gasteiger partial charge in [0.05, 0.1) is 17.1 Å². The monoisotopic (exact) mass is 444 g/mol. The number of aromatic nitrogens is 2. The highest BCUT2D eigenvalue weighted by Crippen LogP contribution is 2.25. The molecule has 0 saturated carbocycles. The van der Waals surface area contributed by atoms with Gasteiger partial charge in [0.2, 0.25) is 0 Å². The number of fused-ring (bicyclic) bond motifs is 3. The van der Waals surface area contributed by atoms with Crippen molar-refractivity contribution in [1.29, 1.82) is 0 Å². The number of nitrogens with zero attached hydrogens (tertiary/aromatic N) is 3. The fraction of sp³-hybridized carbons (Fsp3) is 0.240. The van der Waals surface area contributed by atoms with Crippen molar-refractivity contribution in [1.82, 2.24) is 19.8 Å². The van der Waals surface area contributed by atoms with E-state index in [1.165, 1.54) is 0 Å². The molecule has 0 fully saturated rings. The summed E-state index contributed by atoms with van der Waals surface area (Å²) >= 11 is 1.64. The predicted octanol–water partition coefficient (Wildman–Crippen LogP) is 4.63. The first-order valence-corrected chi connectivity index (χ1v) is 11.7. The van der Waals surface area contributed by atoms with Crippen LogP contribution in [0.15, 0.2) is 66.0 Å². The van der Waals surface area contributed by atoms with E-state index in [0.29, 0.717) is 36.5 Å². The molecule has 7 heteroatoms. The second kappa shape index (κ2) is 8.59. The maximum Gasteiger partial charge on any atom is 0.290 e. The Hall–Kier alpha value is -3.45. The third-order valence-electron chi connectivity index (χ3n) is 5.90. The molecule has 2 aromatic carbocycles. The highest BCUT2D eigenvalue weighted by molar-refractivity contribution is 7.10. The van der Waals surface area contributed by atoms with Gasteiger partial charge in [0.1, 0.15) is 0 Å². The molecule has 1 N–H and O–H groups in total. The summed E-state index contributed by atoms with van der Waals surface area (Å²) < 4.78 is 1.96. The number of nitrogens with one attached hydrogen (secondary N) is 1. The van der Waals surface area contributed by atoms with Crippen LogP contribution in [0, 0.1) is 0 Å². The SMILES string of the molecule is CCC(NC(=O)c1ccc2c(c1)nc1n2CCN(Cc2ccccc2)C1=O)c1cccs1. The molecule has 1 unspecified atom stereocenters. The molecule has 2 amide bonds. The highest BCUT2D eigenvalue weighted by Gasteiger charge is 2.28. The molecule has 6 nitrogen and oxygen atoms in total. The van der Waals surface area contributed by atoms with E-state index in [0.717, 1.165) is 22.4 Å². The summed E-state index contributed by atoms with van der Waals surface area (Å²) in [6.07, 6.45) is 0.818. The van der Waals surface area contributed by atoms with Crippen LogP contribution >= 0.6 is 11.3 Å². The van der Waals surface area contributed by atoms with E-state index >= 15 is 0 Å². The number of rotatable bonds is 6. The third-order valence-corrected chi connectivity index (χ3v) is 6.88. The Bertz CT molecular complexity index is 1260. The minimum absolute atomic E-state index is 0.0125. The maximum atomic E-state index is 13.1. The van der Waals surface area contributed by atoms with E-state index < -0.39 is 0 Å². The molecule has 32 heavy (non-hydrogen) atoms. The third kappa shape index (κ3) is 3.80. The molecular weight excluding hydrogens is 420 g/mol. The van der Waals surface area contributed by atoms with Gasteiger partial charge in [-0.2, -0.15) is 0 Å². The van der Waals surface area contributed by atoms with Crippen LogP contribution in [0.2, 0.25) is 0 Å². The Labute approximate surface area is 190 Å². The number of amides is 2. The molecule has 1 aliphatic heterocycles. The maximum absolute atomic E-state index is 13.1. The van der Waals surface area contributed by atoms with E-state index in [9.17, 15) is 9.59 Å². The first-order valence-electron chi connectivity index (χ1n) is 10.8. The van der Waals surface area contributed by atoms with Crippen LogP contribution in [0.5, 0.6) is 0 Å². The van der Waals surface area contributed by atoms with E-state index in [1.54, 1.807) is 17.4 Å². The van der Waals surface area contributed by atoms with E-state index in [-0.39, 0.29) is 17.9 Å². The molecule has 0 saturated heterocycles. The van der Waals surface area contributed by atoms with Crippen LogP contribution in [0.25, 0.3) is 11.0 Å². The van der Waals surface area contributed by atoms with E-state index in [1.807, 2.05) is 69.4 Å².